The van der Waals surface area contributed by atoms with E-state index in [0.29, 0.717) is 4.47 Å². The summed E-state index contributed by atoms with van der Waals surface area (Å²) in [7, 11) is 0. The average molecular weight is 337 g/mol. The van der Waals surface area contributed by atoms with E-state index in [-0.39, 0.29) is 11.1 Å². The molecule has 0 saturated heterocycles. The molecule has 0 aliphatic carbocycles. The summed E-state index contributed by atoms with van der Waals surface area (Å²) in [5.74, 6) is 0.262. The highest BCUT2D eigenvalue weighted by Gasteiger charge is 1.94. The van der Waals surface area contributed by atoms with Crippen molar-refractivity contribution in [1.29, 1.82) is 0 Å². The van der Waals surface area contributed by atoms with Crippen LogP contribution in [0, 0.1) is 0 Å². The van der Waals surface area contributed by atoms with Gasteiger partial charge < -0.3 is 5.11 Å². The molecular formula is C7H6Br2Cl2O. The Labute approximate surface area is 97.9 Å². The summed E-state index contributed by atoms with van der Waals surface area (Å²) >= 11 is 15.9. The van der Waals surface area contributed by atoms with Gasteiger partial charge in [-0.3, -0.25) is 0 Å². The molecule has 5 heteroatoms. The monoisotopic (exact) mass is 334 g/mol. The number of aromatic hydroxyl groups is 1. The van der Waals surface area contributed by atoms with Gasteiger partial charge in [0.2, 0.25) is 0 Å². The van der Waals surface area contributed by atoms with Crippen LogP contribution < -0.4 is 0 Å². The van der Waals surface area contributed by atoms with Crippen molar-refractivity contribution in [3.63, 3.8) is 0 Å². The van der Waals surface area contributed by atoms with Crippen LogP contribution in [0.3, 0.4) is 0 Å². The third kappa shape index (κ3) is 5.25. The molecule has 68 valence electrons. The molecule has 1 aromatic rings. The highest BCUT2D eigenvalue weighted by molar-refractivity contribution is 9.11. The maximum absolute atomic E-state index is 8.98. The lowest BCUT2D eigenvalue weighted by atomic mass is 10.3. The van der Waals surface area contributed by atoms with Gasteiger partial charge in [-0.2, -0.15) is 0 Å². The fraction of sp³-hybridized carbons (Fsp3) is 0.143. The number of hydrogen-bond acceptors (Lipinski definition) is 1. The van der Waals surface area contributed by atoms with Gasteiger partial charge >= 0.3 is 0 Å². The molecule has 0 amide bonds. The molecule has 0 atom stereocenters. The molecule has 0 fully saturated rings. The molecule has 0 spiro atoms. The predicted molar refractivity (Wildman–Crippen MR) is 60.1 cm³/mol. The summed E-state index contributed by atoms with van der Waals surface area (Å²) < 4.78 is 1.66. The highest BCUT2D eigenvalue weighted by atomic mass is 79.9. The van der Waals surface area contributed by atoms with Crippen LogP contribution >= 0.6 is 55.1 Å². The Hall–Kier alpha value is 0.560. The van der Waals surface area contributed by atoms with Crippen LogP contribution in [0.4, 0.5) is 0 Å². The number of phenols is 1. The van der Waals surface area contributed by atoms with Crippen molar-refractivity contribution in [3.8, 4) is 5.75 Å². The lowest BCUT2D eigenvalue weighted by Gasteiger charge is -1.94. The first-order chi connectivity index (χ1) is 5.61. The molecule has 1 N–H and O–H groups in total. The topological polar surface area (TPSA) is 20.2 Å². The minimum Gasteiger partial charge on any atom is -0.507 e. The Morgan fingerprint density at radius 1 is 1.25 bits per heavy atom. The van der Waals surface area contributed by atoms with E-state index in [2.05, 4.69) is 31.9 Å². The minimum atomic E-state index is 0.194. The Bertz CT molecular complexity index is 243. The fourth-order valence-corrected chi connectivity index (χ4v) is 1.53. The number of benzene rings is 1. The number of phenolic OH excluding ortho intramolecular Hbond substituents is 1. The van der Waals surface area contributed by atoms with Gasteiger partial charge in [0.15, 0.2) is 0 Å². The third-order valence-corrected chi connectivity index (χ3v) is 2.04. The molecule has 0 aromatic heterocycles. The van der Waals surface area contributed by atoms with E-state index in [0.717, 1.165) is 4.47 Å². The van der Waals surface area contributed by atoms with Gasteiger partial charge in [0.25, 0.3) is 0 Å². The largest absolute Gasteiger partial charge is 0.507 e. The summed E-state index contributed by atoms with van der Waals surface area (Å²) in [5.41, 5.74) is 0. The molecule has 0 saturated carbocycles. The van der Waals surface area contributed by atoms with Gasteiger partial charge in [0.05, 0.1) is 9.81 Å². The maximum atomic E-state index is 8.98. The zero-order chi connectivity index (χ0) is 9.56. The van der Waals surface area contributed by atoms with Gasteiger partial charge in [-0.05, 0) is 34.1 Å². The first-order valence-electron chi connectivity index (χ1n) is 2.87. The van der Waals surface area contributed by atoms with Crippen LogP contribution in [0.2, 0.25) is 0 Å². The molecule has 12 heavy (non-hydrogen) atoms. The van der Waals surface area contributed by atoms with E-state index >= 15 is 0 Å². The molecule has 1 aromatic carbocycles. The zero-order valence-electron chi connectivity index (χ0n) is 5.90. The summed E-state index contributed by atoms with van der Waals surface area (Å²) in [6, 6.07) is 5.18. The van der Waals surface area contributed by atoms with E-state index < -0.39 is 0 Å². The van der Waals surface area contributed by atoms with Crippen molar-refractivity contribution in [2.24, 2.45) is 0 Å². The number of halogens is 4. The molecular weight excluding hydrogens is 331 g/mol. The van der Waals surface area contributed by atoms with Gasteiger partial charge in [0.1, 0.15) is 5.75 Å². The molecule has 0 bridgehead atoms. The van der Waals surface area contributed by atoms with Crippen molar-refractivity contribution >= 4 is 55.1 Å². The van der Waals surface area contributed by atoms with E-state index in [1.165, 1.54) is 0 Å². The van der Waals surface area contributed by atoms with Crippen molar-refractivity contribution in [1.82, 2.24) is 0 Å². The molecule has 1 nitrogen and oxygen atoms in total. The van der Waals surface area contributed by atoms with Gasteiger partial charge in [-0.15, -0.1) is 23.2 Å². The number of rotatable bonds is 0. The average Bonchev–Trinajstić information content (AvgIpc) is 1.99. The van der Waals surface area contributed by atoms with Crippen molar-refractivity contribution in [2.45, 2.75) is 0 Å². The van der Waals surface area contributed by atoms with Gasteiger partial charge in [-0.25, -0.2) is 0 Å². The predicted octanol–water partition coefficient (Wildman–Crippen LogP) is 4.34. The Kier molecular flexibility index (Phi) is 7.34. The SMILES string of the molecule is ClCCl.Oc1ccc(Br)cc1Br. The van der Waals surface area contributed by atoms with Crippen molar-refractivity contribution in [3.05, 3.63) is 27.1 Å². The van der Waals surface area contributed by atoms with Crippen LogP contribution in [-0.2, 0) is 0 Å². The Morgan fingerprint density at radius 2 is 1.75 bits per heavy atom. The first kappa shape index (κ1) is 12.6. The summed E-state index contributed by atoms with van der Waals surface area (Å²) in [6.07, 6.45) is 0. The van der Waals surface area contributed by atoms with E-state index in [9.17, 15) is 0 Å². The number of alkyl halides is 2. The minimum absolute atomic E-state index is 0.194. The van der Waals surface area contributed by atoms with Crippen molar-refractivity contribution < 1.29 is 5.11 Å². The Morgan fingerprint density at radius 3 is 2.08 bits per heavy atom. The smallest absolute Gasteiger partial charge is 0.129 e. The summed E-state index contributed by atoms with van der Waals surface area (Å²) in [6.45, 7) is 0. The molecule has 0 aliphatic rings. The Balaban J connectivity index is 0.000000354. The quantitative estimate of drug-likeness (QED) is 0.699. The zero-order valence-corrected chi connectivity index (χ0v) is 10.6. The van der Waals surface area contributed by atoms with E-state index in [1.807, 2.05) is 0 Å². The summed E-state index contributed by atoms with van der Waals surface area (Å²) in [4.78, 5) is 0. The standard InChI is InChI=1S/C6H4Br2O.CH2Cl2/c7-4-1-2-6(9)5(8)3-4;2-1-3/h1-3,9H;1H2. The molecule has 0 heterocycles. The second-order valence-corrected chi connectivity index (χ2v) is 4.27. The lowest BCUT2D eigenvalue weighted by molar-refractivity contribution is 0.472. The first-order valence-corrected chi connectivity index (χ1v) is 5.53. The van der Waals surface area contributed by atoms with E-state index in [1.54, 1.807) is 18.2 Å². The molecule has 0 aliphatic heterocycles. The second-order valence-electron chi connectivity index (χ2n) is 1.70. The van der Waals surface area contributed by atoms with Gasteiger partial charge in [-0.1, -0.05) is 15.9 Å². The third-order valence-electron chi connectivity index (χ3n) is 0.910. The highest BCUT2D eigenvalue weighted by Crippen LogP contribution is 2.26. The van der Waals surface area contributed by atoms with Crippen LogP contribution in [0.1, 0.15) is 0 Å². The molecule has 1 rings (SSSR count). The molecule has 0 radical (unpaired) electrons. The van der Waals surface area contributed by atoms with Crippen molar-refractivity contribution in [2.75, 3.05) is 5.34 Å². The second kappa shape index (κ2) is 7.01. The summed E-state index contributed by atoms with van der Waals surface area (Å²) in [5, 5.41) is 9.17. The maximum Gasteiger partial charge on any atom is 0.129 e. The number of hydrogen-bond donors (Lipinski definition) is 1. The van der Waals surface area contributed by atoms with Crippen LogP contribution in [0.15, 0.2) is 27.1 Å². The fourth-order valence-electron chi connectivity index (χ4n) is 0.481. The van der Waals surface area contributed by atoms with Crippen LogP contribution in [0.25, 0.3) is 0 Å². The lowest BCUT2D eigenvalue weighted by Crippen LogP contribution is -1.67. The van der Waals surface area contributed by atoms with E-state index in [4.69, 9.17) is 28.3 Å². The van der Waals surface area contributed by atoms with Crippen LogP contribution in [0.5, 0.6) is 5.75 Å². The molecule has 0 unspecified atom stereocenters. The van der Waals surface area contributed by atoms with Gasteiger partial charge in [0, 0.05) is 4.47 Å². The van der Waals surface area contributed by atoms with Crippen LogP contribution in [-0.4, -0.2) is 10.4 Å². The normalized spacial score (nSPS) is 8.67.